The van der Waals surface area contributed by atoms with E-state index in [2.05, 4.69) is 9.94 Å². The monoisotopic (exact) mass is 576 g/mol. The molecule has 40 heavy (non-hydrogen) atoms. The first-order valence-electron chi connectivity index (χ1n) is 11.3. The van der Waals surface area contributed by atoms with Crippen LogP contribution < -0.4 is 9.46 Å². The zero-order chi connectivity index (χ0) is 29.1. The molecule has 0 unspecified atom stereocenters. The third kappa shape index (κ3) is 6.74. The van der Waals surface area contributed by atoms with E-state index < -0.39 is 39.7 Å². The minimum atomic E-state index is -4.71. The van der Waals surface area contributed by atoms with Crippen LogP contribution in [0, 0.1) is 17.0 Å². The van der Waals surface area contributed by atoms with Crippen molar-refractivity contribution in [3.63, 3.8) is 0 Å². The van der Waals surface area contributed by atoms with E-state index >= 15 is 0 Å². The van der Waals surface area contributed by atoms with Gasteiger partial charge in [0.05, 0.1) is 16.3 Å². The Morgan fingerprint density at radius 3 is 2.35 bits per heavy atom. The highest BCUT2D eigenvalue weighted by Crippen LogP contribution is 2.33. The first kappa shape index (κ1) is 28.1. The van der Waals surface area contributed by atoms with Crippen molar-refractivity contribution in [3.05, 3.63) is 106 Å². The molecule has 4 rings (SSSR count). The van der Waals surface area contributed by atoms with E-state index in [4.69, 9.17) is 4.74 Å². The van der Waals surface area contributed by atoms with Crippen molar-refractivity contribution in [2.24, 2.45) is 0 Å². The Hall–Kier alpha value is -4.92. The van der Waals surface area contributed by atoms with Gasteiger partial charge in [0.1, 0.15) is 12.4 Å². The van der Waals surface area contributed by atoms with Crippen LogP contribution in [-0.4, -0.2) is 29.4 Å². The zero-order valence-electron chi connectivity index (χ0n) is 20.5. The number of nitrogens with zero attached hydrogens (tertiary/aromatic N) is 3. The maximum absolute atomic E-state index is 13.4. The van der Waals surface area contributed by atoms with Gasteiger partial charge in [-0.2, -0.15) is 18.3 Å². The summed E-state index contributed by atoms with van der Waals surface area (Å²) < 4.78 is 73.4. The molecule has 0 spiro atoms. The molecular formula is C25H19F3N4O7S. The van der Waals surface area contributed by atoms with Crippen molar-refractivity contribution >= 4 is 16.1 Å². The number of aryl methyl sites for hydroxylation is 1. The second-order valence-corrected chi connectivity index (χ2v) is 10.0. The number of rotatable bonds is 8. The summed E-state index contributed by atoms with van der Waals surface area (Å²) in [5.74, 6) is -0.102. The lowest BCUT2D eigenvalue weighted by atomic mass is 10.1. The summed E-state index contributed by atoms with van der Waals surface area (Å²) in [5.41, 5.74) is 0.805. The highest BCUT2D eigenvalue weighted by molar-refractivity contribution is 7.90. The summed E-state index contributed by atoms with van der Waals surface area (Å²) in [5, 5.41) is 13.0. The molecule has 0 bridgehead atoms. The Morgan fingerprint density at radius 2 is 1.73 bits per heavy atom. The molecule has 208 valence electrons. The van der Waals surface area contributed by atoms with Crippen molar-refractivity contribution in [2.75, 3.05) is 0 Å². The van der Waals surface area contributed by atoms with Crippen LogP contribution in [0.25, 0.3) is 16.9 Å². The number of alkyl halides is 3. The van der Waals surface area contributed by atoms with Gasteiger partial charge in [0.25, 0.3) is 15.1 Å². The highest BCUT2D eigenvalue weighted by atomic mass is 32.2. The third-order valence-electron chi connectivity index (χ3n) is 5.40. The van der Waals surface area contributed by atoms with E-state index in [9.17, 15) is 36.5 Å². The minimum absolute atomic E-state index is 0.102. The molecule has 1 aromatic heterocycles. The van der Waals surface area contributed by atoms with E-state index in [0.717, 1.165) is 28.4 Å². The number of ether oxygens (including phenoxy) is 1. The van der Waals surface area contributed by atoms with Gasteiger partial charge in [-0.15, -0.1) is 10.1 Å². The van der Waals surface area contributed by atoms with Crippen LogP contribution in [-0.2, 0) is 27.6 Å². The molecule has 0 atom stereocenters. The Balaban J connectivity index is 1.53. The van der Waals surface area contributed by atoms with E-state index in [1.807, 2.05) is 6.92 Å². The van der Waals surface area contributed by atoms with Gasteiger partial charge in [-0.1, -0.05) is 42.0 Å². The molecule has 15 heteroatoms. The molecule has 0 aliphatic carbocycles. The lowest BCUT2D eigenvalue weighted by molar-refractivity contribution is -0.763. The largest absolute Gasteiger partial charge is 0.435 e. The van der Waals surface area contributed by atoms with Crippen molar-refractivity contribution in [2.45, 2.75) is 24.6 Å². The predicted molar refractivity (Wildman–Crippen MR) is 133 cm³/mol. The third-order valence-corrected chi connectivity index (χ3v) is 6.73. The van der Waals surface area contributed by atoms with Crippen LogP contribution in [0.15, 0.2) is 83.8 Å². The summed E-state index contributed by atoms with van der Waals surface area (Å²) in [6.07, 6.45) is -6.07. The standard InChI is InChI=1S/C25H19F3N4O7S/c1-16-5-7-18(8-6-16)22-14-23(25(26,27)28)29-31(22)19-9-11-21(12-10-19)40(36,37)30-24(33)39-20-4-2-3-17(13-20)15-38-32(34)35/h2-14H,15H2,1H3,(H,30,33). The number of hydrogen-bond donors (Lipinski definition) is 1. The van der Waals surface area contributed by atoms with Gasteiger partial charge in [-0.25, -0.2) is 22.6 Å². The molecule has 11 nitrogen and oxygen atoms in total. The Kier molecular flexibility index (Phi) is 7.77. The number of nitrogens with one attached hydrogen (secondary N) is 1. The van der Waals surface area contributed by atoms with Crippen molar-refractivity contribution in [3.8, 4) is 22.7 Å². The Labute approximate surface area is 224 Å². The fraction of sp³-hybridized carbons (Fsp3) is 0.120. The average molecular weight is 577 g/mol. The number of halogens is 3. The lowest BCUT2D eigenvalue weighted by Gasteiger charge is -2.11. The fourth-order valence-corrected chi connectivity index (χ4v) is 4.41. The number of sulfonamides is 1. The van der Waals surface area contributed by atoms with E-state index in [-0.39, 0.29) is 27.6 Å². The number of hydrogen-bond acceptors (Lipinski definition) is 8. The molecule has 0 saturated heterocycles. The molecule has 4 aromatic rings. The van der Waals surface area contributed by atoms with Gasteiger partial charge in [0, 0.05) is 5.56 Å². The minimum Gasteiger partial charge on any atom is -0.410 e. The quantitative estimate of drug-likeness (QED) is 0.227. The van der Waals surface area contributed by atoms with E-state index in [1.54, 1.807) is 29.0 Å². The smallest absolute Gasteiger partial charge is 0.410 e. The number of amides is 1. The van der Waals surface area contributed by atoms with Crippen LogP contribution in [0.5, 0.6) is 5.75 Å². The maximum atomic E-state index is 13.4. The Morgan fingerprint density at radius 1 is 1.05 bits per heavy atom. The van der Waals surface area contributed by atoms with Gasteiger partial charge in [0.15, 0.2) is 5.69 Å². The number of aromatic nitrogens is 2. The number of carbonyl (C=O) groups excluding carboxylic acids is 1. The van der Waals surface area contributed by atoms with Gasteiger partial charge in [-0.05, 0) is 55.0 Å². The van der Waals surface area contributed by atoms with Crippen LogP contribution in [0.1, 0.15) is 16.8 Å². The molecule has 0 radical (unpaired) electrons. The molecule has 0 aliphatic rings. The SMILES string of the molecule is Cc1ccc(-c2cc(C(F)(F)F)nn2-c2ccc(S(=O)(=O)NC(=O)Oc3cccc(CO[N+](=O)[O-])c3)cc2)cc1. The van der Waals surface area contributed by atoms with Gasteiger partial charge in [0.2, 0.25) is 0 Å². The molecule has 1 heterocycles. The first-order valence-corrected chi connectivity index (χ1v) is 12.8. The highest BCUT2D eigenvalue weighted by Gasteiger charge is 2.35. The van der Waals surface area contributed by atoms with Gasteiger partial charge >= 0.3 is 12.3 Å². The molecular weight excluding hydrogens is 557 g/mol. The maximum Gasteiger partial charge on any atom is 0.435 e. The summed E-state index contributed by atoms with van der Waals surface area (Å²) >= 11 is 0. The van der Waals surface area contributed by atoms with Crippen molar-refractivity contribution in [1.82, 2.24) is 14.5 Å². The summed E-state index contributed by atoms with van der Waals surface area (Å²) in [6.45, 7) is 1.42. The summed E-state index contributed by atoms with van der Waals surface area (Å²) in [7, 11) is -4.44. The first-order chi connectivity index (χ1) is 18.8. The average Bonchev–Trinajstić information content (AvgIpc) is 3.34. The lowest BCUT2D eigenvalue weighted by Crippen LogP contribution is -2.33. The predicted octanol–water partition coefficient (Wildman–Crippen LogP) is 5.05. The molecule has 0 aliphatic heterocycles. The second-order valence-electron chi connectivity index (χ2n) is 8.32. The van der Waals surface area contributed by atoms with Crippen LogP contribution in [0.4, 0.5) is 18.0 Å². The van der Waals surface area contributed by atoms with Crippen molar-refractivity contribution in [1.29, 1.82) is 0 Å². The summed E-state index contributed by atoms with van der Waals surface area (Å²) in [6, 6.07) is 17.8. The van der Waals surface area contributed by atoms with E-state index in [0.29, 0.717) is 5.56 Å². The second kappa shape index (κ2) is 11.1. The van der Waals surface area contributed by atoms with Gasteiger partial charge in [-0.3, -0.25) is 0 Å². The van der Waals surface area contributed by atoms with Crippen molar-refractivity contribution < 1.29 is 41.0 Å². The number of benzene rings is 3. The molecule has 1 amide bonds. The molecule has 1 N–H and O–H groups in total. The molecule has 3 aromatic carbocycles. The van der Waals surface area contributed by atoms with Gasteiger partial charge < -0.3 is 9.57 Å². The normalized spacial score (nSPS) is 11.6. The van der Waals surface area contributed by atoms with Crippen LogP contribution in [0.3, 0.4) is 0 Å². The van der Waals surface area contributed by atoms with E-state index in [1.165, 1.54) is 36.4 Å². The van der Waals surface area contributed by atoms with Crippen LogP contribution in [0.2, 0.25) is 0 Å². The zero-order valence-corrected chi connectivity index (χ0v) is 21.3. The van der Waals surface area contributed by atoms with Crippen LogP contribution >= 0.6 is 0 Å². The topological polar surface area (TPSA) is 143 Å². The number of carbonyl (C=O) groups is 1. The summed E-state index contributed by atoms with van der Waals surface area (Å²) in [4.78, 5) is 26.4. The Bertz CT molecular complexity index is 1650. The fourth-order valence-electron chi connectivity index (χ4n) is 3.54. The molecule has 0 saturated carbocycles. The molecule has 0 fully saturated rings.